The number of hydrogen-bond acceptors (Lipinski definition) is 2. The number of nitrogens with one attached hydrogen (secondary N) is 1. The zero-order valence-electron chi connectivity index (χ0n) is 11.2. The Hall–Kier alpha value is -1.94. The lowest BCUT2D eigenvalue weighted by Crippen LogP contribution is -2.07. The molecule has 102 valence electrons. The van der Waals surface area contributed by atoms with Crippen molar-refractivity contribution in [1.29, 1.82) is 0 Å². The first kappa shape index (κ1) is 14.5. The van der Waals surface area contributed by atoms with Gasteiger partial charge in [0.25, 0.3) is 0 Å². The van der Waals surface area contributed by atoms with Crippen LogP contribution in [-0.4, -0.2) is 11.7 Å². The SMILES string of the molecule is CC(=O)Nc1ccc(C(=O)c2ccc(Br)cc2C)cc1. The van der Waals surface area contributed by atoms with Crippen molar-refractivity contribution in [1.82, 2.24) is 0 Å². The molecular formula is C16H14BrNO2. The molecule has 0 spiro atoms. The van der Waals surface area contributed by atoms with Gasteiger partial charge in [-0.05, 0) is 55.0 Å². The van der Waals surface area contributed by atoms with Gasteiger partial charge in [0.1, 0.15) is 0 Å². The third kappa shape index (κ3) is 3.33. The van der Waals surface area contributed by atoms with Crippen LogP contribution in [0.4, 0.5) is 5.69 Å². The summed E-state index contributed by atoms with van der Waals surface area (Å²) in [7, 11) is 0. The normalized spacial score (nSPS) is 10.2. The van der Waals surface area contributed by atoms with Crippen molar-refractivity contribution in [3.63, 3.8) is 0 Å². The van der Waals surface area contributed by atoms with E-state index in [2.05, 4.69) is 21.2 Å². The lowest BCUT2D eigenvalue weighted by molar-refractivity contribution is -0.114. The maximum atomic E-state index is 12.4. The van der Waals surface area contributed by atoms with E-state index < -0.39 is 0 Å². The Labute approximate surface area is 126 Å². The molecule has 1 amide bonds. The standard InChI is InChI=1S/C16H14BrNO2/c1-10-9-13(17)5-8-15(10)16(20)12-3-6-14(7-4-12)18-11(2)19/h3-9H,1-2H3,(H,18,19). The Morgan fingerprint density at radius 3 is 2.25 bits per heavy atom. The van der Waals surface area contributed by atoms with Gasteiger partial charge in [0.2, 0.25) is 5.91 Å². The van der Waals surface area contributed by atoms with E-state index >= 15 is 0 Å². The van der Waals surface area contributed by atoms with E-state index in [-0.39, 0.29) is 11.7 Å². The number of rotatable bonds is 3. The third-order valence-electron chi connectivity index (χ3n) is 2.90. The molecule has 0 aromatic heterocycles. The summed E-state index contributed by atoms with van der Waals surface area (Å²) >= 11 is 3.38. The van der Waals surface area contributed by atoms with Gasteiger partial charge in [-0.2, -0.15) is 0 Å². The van der Waals surface area contributed by atoms with E-state index in [1.54, 1.807) is 24.3 Å². The number of halogens is 1. The van der Waals surface area contributed by atoms with Gasteiger partial charge < -0.3 is 5.32 Å². The average Bonchev–Trinajstić information content (AvgIpc) is 2.38. The Balaban J connectivity index is 2.27. The third-order valence-corrected chi connectivity index (χ3v) is 3.39. The van der Waals surface area contributed by atoms with Gasteiger partial charge in [0.05, 0.1) is 0 Å². The summed E-state index contributed by atoms with van der Waals surface area (Å²) in [4.78, 5) is 23.4. The van der Waals surface area contributed by atoms with Crippen LogP contribution in [0.25, 0.3) is 0 Å². The lowest BCUT2D eigenvalue weighted by atomic mass is 9.99. The quantitative estimate of drug-likeness (QED) is 0.865. The van der Waals surface area contributed by atoms with E-state index in [1.807, 2.05) is 25.1 Å². The molecule has 2 rings (SSSR count). The molecule has 20 heavy (non-hydrogen) atoms. The van der Waals surface area contributed by atoms with E-state index in [1.165, 1.54) is 6.92 Å². The zero-order chi connectivity index (χ0) is 14.7. The summed E-state index contributed by atoms with van der Waals surface area (Å²) in [5, 5.41) is 2.67. The highest BCUT2D eigenvalue weighted by molar-refractivity contribution is 9.10. The molecule has 3 nitrogen and oxygen atoms in total. The predicted octanol–water partition coefficient (Wildman–Crippen LogP) is 3.95. The first-order valence-corrected chi connectivity index (χ1v) is 6.95. The van der Waals surface area contributed by atoms with Crippen LogP contribution in [0.1, 0.15) is 28.4 Å². The molecule has 1 N–H and O–H groups in total. The van der Waals surface area contributed by atoms with Gasteiger partial charge in [-0.3, -0.25) is 9.59 Å². The molecule has 2 aromatic rings. The molecule has 0 fully saturated rings. The van der Waals surface area contributed by atoms with Crippen LogP contribution in [-0.2, 0) is 4.79 Å². The Bertz CT molecular complexity index is 663. The summed E-state index contributed by atoms with van der Waals surface area (Å²) in [6.07, 6.45) is 0. The maximum Gasteiger partial charge on any atom is 0.221 e. The first-order valence-electron chi connectivity index (χ1n) is 6.16. The van der Waals surface area contributed by atoms with Crippen LogP contribution < -0.4 is 5.32 Å². The smallest absolute Gasteiger partial charge is 0.221 e. The largest absolute Gasteiger partial charge is 0.326 e. The van der Waals surface area contributed by atoms with Crippen LogP contribution >= 0.6 is 15.9 Å². The first-order chi connectivity index (χ1) is 9.47. The Kier molecular flexibility index (Phi) is 4.35. The molecule has 4 heteroatoms. The fourth-order valence-electron chi connectivity index (χ4n) is 1.95. The highest BCUT2D eigenvalue weighted by atomic mass is 79.9. The molecule has 0 bridgehead atoms. The van der Waals surface area contributed by atoms with Crippen molar-refractivity contribution < 1.29 is 9.59 Å². The molecule has 0 aliphatic heterocycles. The molecule has 0 aliphatic carbocycles. The highest BCUT2D eigenvalue weighted by Crippen LogP contribution is 2.20. The van der Waals surface area contributed by atoms with E-state index in [4.69, 9.17) is 0 Å². The minimum atomic E-state index is -0.132. The molecule has 0 saturated heterocycles. The molecule has 0 radical (unpaired) electrons. The monoisotopic (exact) mass is 331 g/mol. The number of hydrogen-bond donors (Lipinski definition) is 1. The van der Waals surface area contributed by atoms with Crippen LogP contribution in [0.3, 0.4) is 0 Å². The Morgan fingerprint density at radius 2 is 1.70 bits per heavy atom. The fourth-order valence-corrected chi connectivity index (χ4v) is 2.42. The van der Waals surface area contributed by atoms with Gasteiger partial charge in [-0.1, -0.05) is 15.9 Å². The second-order valence-corrected chi connectivity index (χ2v) is 5.46. The topological polar surface area (TPSA) is 46.2 Å². The molecule has 2 aromatic carbocycles. The van der Waals surface area contributed by atoms with Crippen LogP contribution in [0, 0.1) is 6.92 Å². The lowest BCUT2D eigenvalue weighted by Gasteiger charge is -2.07. The summed E-state index contributed by atoms with van der Waals surface area (Å²) in [6.45, 7) is 3.36. The summed E-state index contributed by atoms with van der Waals surface area (Å²) in [6, 6.07) is 12.5. The van der Waals surface area contributed by atoms with E-state index in [9.17, 15) is 9.59 Å². The predicted molar refractivity (Wildman–Crippen MR) is 83.1 cm³/mol. The minimum Gasteiger partial charge on any atom is -0.326 e. The number of carbonyl (C=O) groups is 2. The average molecular weight is 332 g/mol. The van der Waals surface area contributed by atoms with Gasteiger partial charge in [-0.15, -0.1) is 0 Å². The number of amides is 1. The summed E-state index contributed by atoms with van der Waals surface area (Å²) < 4.78 is 0.951. The van der Waals surface area contributed by atoms with E-state index in [0.29, 0.717) is 16.8 Å². The van der Waals surface area contributed by atoms with Gasteiger partial charge in [0, 0.05) is 28.2 Å². The molecule has 0 unspecified atom stereocenters. The Morgan fingerprint density at radius 1 is 1.05 bits per heavy atom. The van der Waals surface area contributed by atoms with Gasteiger partial charge in [-0.25, -0.2) is 0 Å². The maximum absolute atomic E-state index is 12.4. The van der Waals surface area contributed by atoms with Crippen LogP contribution in [0.2, 0.25) is 0 Å². The molecule has 0 saturated carbocycles. The molecule has 0 aliphatic rings. The summed E-state index contributed by atoms with van der Waals surface area (Å²) in [5.74, 6) is -0.155. The van der Waals surface area contributed by atoms with E-state index in [0.717, 1.165) is 10.0 Å². The van der Waals surface area contributed by atoms with Gasteiger partial charge in [0.15, 0.2) is 5.78 Å². The number of anilines is 1. The van der Waals surface area contributed by atoms with Crippen LogP contribution in [0.15, 0.2) is 46.9 Å². The van der Waals surface area contributed by atoms with Crippen molar-refractivity contribution in [2.45, 2.75) is 13.8 Å². The number of benzene rings is 2. The molecule has 0 heterocycles. The van der Waals surface area contributed by atoms with Crippen molar-refractivity contribution in [3.05, 3.63) is 63.6 Å². The fraction of sp³-hybridized carbons (Fsp3) is 0.125. The zero-order valence-corrected chi connectivity index (χ0v) is 12.8. The second kappa shape index (κ2) is 6.01. The molecular weight excluding hydrogens is 318 g/mol. The number of carbonyl (C=O) groups excluding carboxylic acids is 2. The van der Waals surface area contributed by atoms with Crippen molar-refractivity contribution in [2.24, 2.45) is 0 Å². The van der Waals surface area contributed by atoms with Crippen LogP contribution in [0.5, 0.6) is 0 Å². The van der Waals surface area contributed by atoms with Crippen molar-refractivity contribution in [2.75, 3.05) is 5.32 Å². The second-order valence-electron chi connectivity index (χ2n) is 4.55. The van der Waals surface area contributed by atoms with Crippen molar-refractivity contribution in [3.8, 4) is 0 Å². The minimum absolute atomic E-state index is 0.0237. The number of ketones is 1. The molecule has 0 atom stereocenters. The van der Waals surface area contributed by atoms with Crippen molar-refractivity contribution >= 4 is 33.3 Å². The van der Waals surface area contributed by atoms with Gasteiger partial charge >= 0.3 is 0 Å². The summed E-state index contributed by atoms with van der Waals surface area (Å²) in [5.41, 5.74) is 2.89. The highest BCUT2D eigenvalue weighted by Gasteiger charge is 2.11. The number of aryl methyl sites for hydroxylation is 1.